The van der Waals surface area contributed by atoms with Gasteiger partial charge in [-0.05, 0) is 61.6 Å². The van der Waals surface area contributed by atoms with E-state index in [4.69, 9.17) is 14.6 Å². The number of carboxylic acid groups (broad SMARTS) is 1. The van der Waals surface area contributed by atoms with Gasteiger partial charge in [-0.25, -0.2) is 0 Å². The van der Waals surface area contributed by atoms with Crippen molar-refractivity contribution in [1.82, 2.24) is 0 Å². The van der Waals surface area contributed by atoms with Gasteiger partial charge in [0.15, 0.2) is 11.5 Å². The smallest absolute Gasteiger partial charge is 0.303 e. The lowest BCUT2D eigenvalue weighted by Crippen LogP contribution is -2.19. The molecule has 1 unspecified atom stereocenters. The van der Waals surface area contributed by atoms with E-state index in [0.717, 1.165) is 34.7 Å². The maximum absolute atomic E-state index is 10.7. The number of aliphatic carboxylic acids is 1. The average Bonchev–Trinajstić information content (AvgIpc) is 2.61. The van der Waals surface area contributed by atoms with Crippen LogP contribution >= 0.6 is 0 Å². The molecule has 1 atom stereocenters. The van der Waals surface area contributed by atoms with Gasteiger partial charge in [0, 0.05) is 18.2 Å². The van der Waals surface area contributed by atoms with Crippen LogP contribution < -0.4 is 14.8 Å². The summed E-state index contributed by atoms with van der Waals surface area (Å²) in [6.45, 7) is 4.16. The molecule has 0 saturated heterocycles. The Balaban J connectivity index is 2.06. The molecule has 5 nitrogen and oxygen atoms in total. The third kappa shape index (κ3) is 5.15. The SMILES string of the molecule is COc1ccc(CC(C)Nc2cccc(CCC(=O)O)c2)c(C)c1OC. The summed E-state index contributed by atoms with van der Waals surface area (Å²) in [4.78, 5) is 10.7. The normalized spacial score (nSPS) is 11.7. The summed E-state index contributed by atoms with van der Waals surface area (Å²) in [5.74, 6) is 0.731. The molecule has 0 bridgehead atoms. The number of rotatable bonds is 9. The van der Waals surface area contributed by atoms with Crippen LogP contribution in [0.2, 0.25) is 0 Å². The second-order valence-electron chi connectivity index (χ2n) is 6.43. The van der Waals surface area contributed by atoms with Crippen molar-refractivity contribution in [3.63, 3.8) is 0 Å². The first-order valence-corrected chi connectivity index (χ1v) is 8.72. The highest BCUT2D eigenvalue weighted by Gasteiger charge is 2.13. The average molecular weight is 357 g/mol. The van der Waals surface area contributed by atoms with Gasteiger partial charge in [0.05, 0.1) is 14.2 Å². The summed E-state index contributed by atoms with van der Waals surface area (Å²) >= 11 is 0. The van der Waals surface area contributed by atoms with Gasteiger partial charge in [-0.1, -0.05) is 18.2 Å². The zero-order valence-corrected chi connectivity index (χ0v) is 15.8. The maximum atomic E-state index is 10.7. The minimum atomic E-state index is -0.777. The van der Waals surface area contributed by atoms with Crippen LogP contribution in [0, 0.1) is 6.92 Å². The molecule has 0 spiro atoms. The van der Waals surface area contributed by atoms with Crippen molar-refractivity contribution in [2.75, 3.05) is 19.5 Å². The van der Waals surface area contributed by atoms with Gasteiger partial charge in [0.25, 0.3) is 0 Å². The Labute approximate surface area is 155 Å². The number of benzene rings is 2. The van der Waals surface area contributed by atoms with Gasteiger partial charge < -0.3 is 19.9 Å². The van der Waals surface area contributed by atoms with Crippen LogP contribution in [0.4, 0.5) is 5.69 Å². The molecule has 140 valence electrons. The highest BCUT2D eigenvalue weighted by atomic mass is 16.5. The van der Waals surface area contributed by atoms with Crippen molar-refractivity contribution < 1.29 is 19.4 Å². The quantitative estimate of drug-likeness (QED) is 0.708. The molecule has 2 N–H and O–H groups in total. The van der Waals surface area contributed by atoms with Crippen molar-refractivity contribution in [2.24, 2.45) is 0 Å². The minimum absolute atomic E-state index is 0.143. The summed E-state index contributed by atoms with van der Waals surface area (Å²) < 4.78 is 10.8. The van der Waals surface area contributed by atoms with Crippen LogP contribution in [0.15, 0.2) is 36.4 Å². The summed E-state index contributed by atoms with van der Waals surface area (Å²) in [7, 11) is 3.29. The molecule has 2 rings (SSSR count). The minimum Gasteiger partial charge on any atom is -0.493 e. The Morgan fingerprint density at radius 3 is 2.62 bits per heavy atom. The van der Waals surface area contributed by atoms with E-state index in [0.29, 0.717) is 6.42 Å². The van der Waals surface area contributed by atoms with E-state index in [1.54, 1.807) is 14.2 Å². The number of carbonyl (C=O) groups is 1. The predicted molar refractivity (Wildman–Crippen MR) is 103 cm³/mol. The first-order chi connectivity index (χ1) is 12.4. The summed E-state index contributed by atoms with van der Waals surface area (Å²) in [5.41, 5.74) is 4.30. The summed E-state index contributed by atoms with van der Waals surface area (Å²) in [6, 6.07) is 12.1. The number of anilines is 1. The van der Waals surface area contributed by atoms with E-state index in [1.807, 2.05) is 37.3 Å². The highest BCUT2D eigenvalue weighted by Crippen LogP contribution is 2.33. The number of aryl methyl sites for hydroxylation is 1. The Hall–Kier alpha value is -2.69. The Kier molecular flexibility index (Phi) is 6.89. The van der Waals surface area contributed by atoms with Crippen molar-refractivity contribution >= 4 is 11.7 Å². The van der Waals surface area contributed by atoms with Crippen molar-refractivity contribution in [2.45, 2.75) is 39.2 Å². The van der Waals surface area contributed by atoms with Gasteiger partial charge in [0.2, 0.25) is 0 Å². The lowest BCUT2D eigenvalue weighted by molar-refractivity contribution is -0.136. The molecule has 0 amide bonds. The topological polar surface area (TPSA) is 67.8 Å². The molecule has 0 fully saturated rings. The van der Waals surface area contributed by atoms with Crippen molar-refractivity contribution in [3.8, 4) is 11.5 Å². The standard InChI is InChI=1S/C21H27NO4/c1-14(12-17-9-10-19(25-3)21(26-4)15(17)2)22-18-7-5-6-16(13-18)8-11-20(23)24/h5-7,9-10,13-14,22H,8,11-12H2,1-4H3,(H,23,24). The van der Waals surface area contributed by atoms with E-state index >= 15 is 0 Å². The Morgan fingerprint density at radius 1 is 1.19 bits per heavy atom. The fourth-order valence-corrected chi connectivity index (χ4v) is 3.08. The number of carboxylic acids is 1. The molecule has 2 aromatic carbocycles. The fourth-order valence-electron chi connectivity index (χ4n) is 3.08. The van der Waals surface area contributed by atoms with Crippen molar-refractivity contribution in [3.05, 3.63) is 53.1 Å². The Bertz CT molecular complexity index is 758. The summed E-state index contributed by atoms with van der Waals surface area (Å²) in [6.07, 6.45) is 1.52. The van der Waals surface area contributed by atoms with Gasteiger partial charge >= 0.3 is 5.97 Å². The molecule has 0 radical (unpaired) electrons. The van der Waals surface area contributed by atoms with Crippen LogP contribution in [0.1, 0.15) is 30.0 Å². The highest BCUT2D eigenvalue weighted by molar-refractivity contribution is 5.67. The monoisotopic (exact) mass is 357 g/mol. The van der Waals surface area contributed by atoms with Crippen LogP contribution in [0.25, 0.3) is 0 Å². The summed E-state index contributed by atoms with van der Waals surface area (Å²) in [5, 5.41) is 12.3. The number of ether oxygens (including phenoxy) is 2. The molecular weight excluding hydrogens is 330 g/mol. The van der Waals surface area contributed by atoms with Crippen LogP contribution in [-0.2, 0) is 17.6 Å². The van der Waals surface area contributed by atoms with E-state index < -0.39 is 5.97 Å². The van der Waals surface area contributed by atoms with Crippen LogP contribution in [0.5, 0.6) is 11.5 Å². The number of methoxy groups -OCH3 is 2. The number of nitrogens with one attached hydrogen (secondary N) is 1. The zero-order valence-electron chi connectivity index (χ0n) is 15.8. The second-order valence-corrected chi connectivity index (χ2v) is 6.43. The van der Waals surface area contributed by atoms with E-state index in [2.05, 4.69) is 18.3 Å². The zero-order chi connectivity index (χ0) is 19.1. The van der Waals surface area contributed by atoms with Crippen LogP contribution in [0.3, 0.4) is 0 Å². The molecule has 2 aromatic rings. The second kappa shape index (κ2) is 9.13. The molecule has 0 heterocycles. The lowest BCUT2D eigenvalue weighted by atomic mass is 10.00. The molecule has 0 saturated carbocycles. The van der Waals surface area contributed by atoms with Crippen molar-refractivity contribution in [1.29, 1.82) is 0 Å². The lowest BCUT2D eigenvalue weighted by Gasteiger charge is -2.19. The predicted octanol–water partition coefficient (Wildman–Crippen LogP) is 4.07. The largest absolute Gasteiger partial charge is 0.493 e. The fraction of sp³-hybridized carbons (Fsp3) is 0.381. The van der Waals surface area contributed by atoms with E-state index in [1.165, 1.54) is 5.56 Å². The molecular formula is C21H27NO4. The molecule has 0 aliphatic heterocycles. The first kappa shape index (κ1) is 19.6. The van der Waals surface area contributed by atoms with Gasteiger partial charge in [-0.15, -0.1) is 0 Å². The number of hydrogen-bond donors (Lipinski definition) is 2. The molecule has 26 heavy (non-hydrogen) atoms. The third-order valence-electron chi connectivity index (χ3n) is 4.40. The molecule has 0 aliphatic carbocycles. The molecule has 5 heteroatoms. The molecule has 0 aliphatic rings. The van der Waals surface area contributed by atoms with Gasteiger partial charge in [-0.2, -0.15) is 0 Å². The number of hydrogen-bond acceptors (Lipinski definition) is 4. The first-order valence-electron chi connectivity index (χ1n) is 8.72. The van der Waals surface area contributed by atoms with E-state index in [-0.39, 0.29) is 12.5 Å². The van der Waals surface area contributed by atoms with Gasteiger partial charge in [-0.3, -0.25) is 4.79 Å². The maximum Gasteiger partial charge on any atom is 0.303 e. The van der Waals surface area contributed by atoms with Gasteiger partial charge in [0.1, 0.15) is 0 Å². The molecule has 0 aromatic heterocycles. The van der Waals surface area contributed by atoms with Crippen LogP contribution in [-0.4, -0.2) is 31.3 Å². The van der Waals surface area contributed by atoms with E-state index in [9.17, 15) is 4.79 Å². The third-order valence-corrected chi connectivity index (χ3v) is 4.40. The Morgan fingerprint density at radius 2 is 1.96 bits per heavy atom.